The van der Waals surface area contributed by atoms with Crippen molar-refractivity contribution in [2.75, 3.05) is 22.9 Å². The predicted octanol–water partition coefficient (Wildman–Crippen LogP) is 3.27. The SMILES string of the molecule is CCN(CC)c1ccc(C=C2C(=O)NC(=S)N(c3ccc(C)cc3)C2=O)o1. The quantitative estimate of drug-likeness (QED) is 0.488. The monoisotopic (exact) mass is 383 g/mol. The van der Waals surface area contributed by atoms with E-state index in [9.17, 15) is 9.59 Å². The van der Waals surface area contributed by atoms with Gasteiger partial charge in [0.15, 0.2) is 11.0 Å². The first-order valence-corrected chi connectivity index (χ1v) is 9.18. The summed E-state index contributed by atoms with van der Waals surface area (Å²) in [6, 6.07) is 10.9. The lowest BCUT2D eigenvalue weighted by molar-refractivity contribution is -0.122. The van der Waals surface area contributed by atoms with Gasteiger partial charge in [0.1, 0.15) is 11.3 Å². The molecule has 1 aliphatic heterocycles. The van der Waals surface area contributed by atoms with Crippen LogP contribution < -0.4 is 15.1 Å². The second kappa shape index (κ2) is 7.75. The van der Waals surface area contributed by atoms with Crippen LogP contribution in [0.2, 0.25) is 0 Å². The first kappa shape index (κ1) is 18.8. The fraction of sp³-hybridized carbons (Fsp3) is 0.250. The van der Waals surface area contributed by atoms with Crippen molar-refractivity contribution in [2.45, 2.75) is 20.8 Å². The second-order valence-electron chi connectivity index (χ2n) is 6.14. The van der Waals surface area contributed by atoms with Crippen LogP contribution in [0.25, 0.3) is 6.08 Å². The molecule has 1 aromatic heterocycles. The molecular weight excluding hydrogens is 362 g/mol. The van der Waals surface area contributed by atoms with Crippen LogP contribution in [0.15, 0.2) is 46.4 Å². The van der Waals surface area contributed by atoms with Crippen molar-refractivity contribution in [2.24, 2.45) is 0 Å². The Morgan fingerprint density at radius 2 is 1.78 bits per heavy atom. The zero-order chi connectivity index (χ0) is 19.6. The highest BCUT2D eigenvalue weighted by molar-refractivity contribution is 7.80. The van der Waals surface area contributed by atoms with Gasteiger partial charge in [0.05, 0.1) is 5.69 Å². The number of carbonyl (C=O) groups is 2. The van der Waals surface area contributed by atoms with Crippen LogP contribution in [0, 0.1) is 6.92 Å². The zero-order valence-electron chi connectivity index (χ0n) is 15.5. The number of nitrogens with one attached hydrogen (secondary N) is 1. The van der Waals surface area contributed by atoms with Crippen molar-refractivity contribution in [3.05, 3.63) is 53.3 Å². The van der Waals surface area contributed by atoms with E-state index in [0.29, 0.717) is 17.3 Å². The maximum absolute atomic E-state index is 12.9. The Bertz CT molecular complexity index is 911. The van der Waals surface area contributed by atoms with Crippen LogP contribution in [-0.2, 0) is 9.59 Å². The molecule has 1 fully saturated rings. The average Bonchev–Trinajstić information content (AvgIpc) is 3.10. The zero-order valence-corrected chi connectivity index (χ0v) is 16.3. The van der Waals surface area contributed by atoms with Gasteiger partial charge in [-0.25, -0.2) is 0 Å². The van der Waals surface area contributed by atoms with Crippen molar-refractivity contribution >= 4 is 46.8 Å². The smallest absolute Gasteiger partial charge is 0.270 e. The van der Waals surface area contributed by atoms with Gasteiger partial charge in [-0.15, -0.1) is 0 Å². The highest BCUT2D eigenvalue weighted by Crippen LogP contribution is 2.24. The first-order valence-electron chi connectivity index (χ1n) is 8.77. The van der Waals surface area contributed by atoms with Gasteiger partial charge in [-0.1, -0.05) is 17.7 Å². The molecule has 2 aromatic rings. The summed E-state index contributed by atoms with van der Waals surface area (Å²) >= 11 is 5.20. The molecule has 0 unspecified atom stereocenters. The third-order valence-electron chi connectivity index (χ3n) is 4.37. The summed E-state index contributed by atoms with van der Waals surface area (Å²) in [6.07, 6.45) is 1.45. The van der Waals surface area contributed by atoms with Crippen molar-refractivity contribution in [1.82, 2.24) is 5.32 Å². The van der Waals surface area contributed by atoms with Crippen molar-refractivity contribution in [3.8, 4) is 0 Å². The molecule has 0 bridgehead atoms. The van der Waals surface area contributed by atoms with Gasteiger partial charge in [0.2, 0.25) is 0 Å². The number of thiocarbonyl (C=S) groups is 1. The lowest BCUT2D eigenvalue weighted by Crippen LogP contribution is -2.54. The summed E-state index contributed by atoms with van der Waals surface area (Å²) in [5.41, 5.74) is 1.64. The van der Waals surface area contributed by atoms with Gasteiger partial charge < -0.3 is 9.32 Å². The van der Waals surface area contributed by atoms with Crippen LogP contribution in [-0.4, -0.2) is 30.0 Å². The van der Waals surface area contributed by atoms with E-state index in [0.717, 1.165) is 18.7 Å². The summed E-state index contributed by atoms with van der Waals surface area (Å²) in [4.78, 5) is 28.6. The molecule has 140 valence electrons. The van der Waals surface area contributed by atoms with Crippen molar-refractivity contribution < 1.29 is 14.0 Å². The number of hydrogen-bond donors (Lipinski definition) is 1. The van der Waals surface area contributed by atoms with E-state index in [4.69, 9.17) is 16.6 Å². The number of rotatable bonds is 5. The number of benzene rings is 1. The average molecular weight is 383 g/mol. The molecule has 0 atom stereocenters. The molecular formula is C20H21N3O3S. The highest BCUT2D eigenvalue weighted by atomic mass is 32.1. The Morgan fingerprint density at radius 1 is 1.11 bits per heavy atom. The summed E-state index contributed by atoms with van der Waals surface area (Å²) in [5.74, 6) is 0.121. The van der Waals surface area contributed by atoms with E-state index >= 15 is 0 Å². The minimum Gasteiger partial charge on any atom is -0.441 e. The van der Waals surface area contributed by atoms with Crippen LogP contribution in [0.3, 0.4) is 0 Å². The van der Waals surface area contributed by atoms with Crippen molar-refractivity contribution in [1.29, 1.82) is 0 Å². The van der Waals surface area contributed by atoms with Gasteiger partial charge in [-0.05, 0) is 57.3 Å². The van der Waals surface area contributed by atoms with Crippen LogP contribution in [0.1, 0.15) is 25.2 Å². The molecule has 3 rings (SSSR count). The lowest BCUT2D eigenvalue weighted by atomic mass is 10.1. The first-order chi connectivity index (χ1) is 12.9. The molecule has 0 aliphatic carbocycles. The number of carbonyl (C=O) groups excluding carboxylic acids is 2. The Hall–Kier alpha value is -2.93. The molecule has 2 amide bonds. The molecule has 7 heteroatoms. The van der Waals surface area contributed by atoms with Gasteiger partial charge in [-0.3, -0.25) is 19.8 Å². The third-order valence-corrected chi connectivity index (χ3v) is 4.65. The fourth-order valence-corrected chi connectivity index (χ4v) is 3.13. The van der Waals surface area contributed by atoms with E-state index < -0.39 is 11.8 Å². The Morgan fingerprint density at radius 3 is 2.41 bits per heavy atom. The molecule has 1 aromatic carbocycles. The van der Waals surface area contributed by atoms with Gasteiger partial charge in [-0.2, -0.15) is 0 Å². The summed E-state index contributed by atoms with van der Waals surface area (Å²) in [6.45, 7) is 7.62. The van der Waals surface area contributed by atoms with Gasteiger partial charge in [0, 0.05) is 19.2 Å². The number of aryl methyl sites for hydroxylation is 1. The molecule has 6 nitrogen and oxygen atoms in total. The third kappa shape index (κ3) is 3.78. The van der Waals surface area contributed by atoms with Crippen LogP contribution >= 0.6 is 12.2 Å². The minimum atomic E-state index is -0.533. The molecule has 2 heterocycles. The molecule has 0 spiro atoms. The number of hydrogen-bond acceptors (Lipinski definition) is 5. The summed E-state index contributed by atoms with van der Waals surface area (Å²) < 4.78 is 5.78. The Balaban J connectivity index is 1.93. The van der Waals surface area contributed by atoms with Crippen LogP contribution in [0.4, 0.5) is 11.6 Å². The Labute approximate surface area is 163 Å². The number of nitrogens with zero attached hydrogens (tertiary/aromatic N) is 2. The fourth-order valence-electron chi connectivity index (χ4n) is 2.85. The van der Waals surface area contributed by atoms with E-state index in [2.05, 4.69) is 5.32 Å². The van der Waals surface area contributed by atoms with Gasteiger partial charge in [0.25, 0.3) is 11.8 Å². The standard InChI is InChI=1S/C20H21N3O3S/c1-4-22(5-2)17-11-10-15(26-17)12-16-18(24)21-20(27)23(19(16)25)14-8-6-13(3)7-9-14/h6-12H,4-5H2,1-3H3,(H,21,24,27). The second-order valence-corrected chi connectivity index (χ2v) is 6.53. The largest absolute Gasteiger partial charge is 0.441 e. The highest BCUT2D eigenvalue weighted by Gasteiger charge is 2.34. The molecule has 1 saturated heterocycles. The normalized spacial score (nSPS) is 16.0. The van der Waals surface area contributed by atoms with Crippen molar-refractivity contribution in [3.63, 3.8) is 0 Å². The topological polar surface area (TPSA) is 65.8 Å². The van der Waals surface area contributed by atoms with Crippen LogP contribution in [0.5, 0.6) is 0 Å². The molecule has 1 aliphatic rings. The maximum atomic E-state index is 12.9. The Kier molecular flexibility index (Phi) is 5.41. The maximum Gasteiger partial charge on any atom is 0.270 e. The number of anilines is 2. The predicted molar refractivity (Wildman–Crippen MR) is 110 cm³/mol. The van der Waals surface area contributed by atoms with E-state index in [1.54, 1.807) is 18.2 Å². The lowest BCUT2D eigenvalue weighted by Gasteiger charge is -2.28. The van der Waals surface area contributed by atoms with E-state index in [1.165, 1.54) is 11.0 Å². The summed E-state index contributed by atoms with van der Waals surface area (Å²) in [5, 5.41) is 2.64. The minimum absolute atomic E-state index is 0.0235. The molecule has 27 heavy (non-hydrogen) atoms. The van der Waals surface area contributed by atoms with Gasteiger partial charge >= 0.3 is 0 Å². The number of furan rings is 1. The summed E-state index contributed by atoms with van der Waals surface area (Å²) in [7, 11) is 0. The molecule has 0 radical (unpaired) electrons. The van der Waals surface area contributed by atoms with E-state index in [-0.39, 0.29) is 10.7 Å². The molecule has 0 saturated carbocycles. The number of amides is 2. The van der Waals surface area contributed by atoms with E-state index in [1.807, 2.05) is 43.9 Å². The molecule has 1 N–H and O–H groups in total.